The predicted molar refractivity (Wildman–Crippen MR) is 156 cm³/mol. The van der Waals surface area contributed by atoms with Gasteiger partial charge in [0, 0.05) is 0 Å². The molecule has 0 radical (unpaired) electrons. The molecule has 0 bridgehead atoms. The molecule has 1 N–H and O–H groups in total. The molecule has 0 fully saturated rings. The first-order valence-corrected chi connectivity index (χ1v) is 13.5. The lowest BCUT2D eigenvalue weighted by atomic mass is 10.0. The third-order valence-electron chi connectivity index (χ3n) is 6.48. The molecule has 5 nitrogen and oxygen atoms in total. The average Bonchev–Trinajstić information content (AvgIpc) is 3.02. The third kappa shape index (κ3) is 9.17. The van der Waals surface area contributed by atoms with E-state index in [0.29, 0.717) is 19.8 Å². The molecule has 4 aromatic rings. The Bertz CT molecular complexity index is 1260. The Morgan fingerprint density at radius 2 is 0.850 bits per heavy atom. The lowest BCUT2D eigenvalue weighted by molar-refractivity contribution is -0.187. The molecule has 0 saturated heterocycles. The van der Waals surface area contributed by atoms with Gasteiger partial charge in [-0.05, 0) is 22.3 Å². The number of aliphatic hydroxyl groups excluding tert-OH is 1. The maximum absolute atomic E-state index is 10.5. The largest absolute Gasteiger partial charge is 0.394 e. The molecule has 4 rings (SSSR count). The molecule has 0 saturated carbocycles. The van der Waals surface area contributed by atoms with Crippen molar-refractivity contribution in [3.05, 3.63) is 144 Å². The highest BCUT2D eigenvalue weighted by Gasteiger charge is 2.37. The van der Waals surface area contributed by atoms with E-state index in [1.54, 1.807) is 0 Å². The number of rotatable bonds is 16. The van der Waals surface area contributed by atoms with E-state index in [4.69, 9.17) is 25.4 Å². The molecule has 0 heterocycles. The highest BCUT2D eigenvalue weighted by molar-refractivity contribution is 5.17. The summed E-state index contributed by atoms with van der Waals surface area (Å²) in [4.78, 5) is 0. The number of aliphatic hydroxyl groups is 1. The molecular formula is C35H36O5. The van der Waals surface area contributed by atoms with Gasteiger partial charge in [0.05, 0.1) is 33.0 Å². The molecule has 0 spiro atoms. The summed E-state index contributed by atoms with van der Waals surface area (Å²) in [5.41, 5.74) is 3.94. The number of hydrogen-bond donors (Lipinski definition) is 1. The standard InChI is InChI=1S/C35H36O5/c1-2-32(37-24-28-15-7-3-8-16-28)34(39-26-30-19-11-5-12-20-30)35(40-27-31-21-13-6-14-22-31)33(23-36)38-25-29-17-9-4-10-18-29/h1,3-22,32-36H,23-27H2/t32-,33+,34+,35-/m0/s1. The fraction of sp³-hybridized carbons (Fsp3) is 0.257. The summed E-state index contributed by atoms with van der Waals surface area (Å²) in [5.74, 6) is 2.78. The highest BCUT2D eigenvalue weighted by Crippen LogP contribution is 2.23. The molecule has 0 amide bonds. The Kier molecular flexibility index (Phi) is 12.0. The van der Waals surface area contributed by atoms with Crippen LogP contribution < -0.4 is 0 Å². The first-order chi connectivity index (χ1) is 19.8. The summed E-state index contributed by atoms with van der Waals surface area (Å²) in [6.07, 6.45) is 3.10. The van der Waals surface area contributed by atoms with Gasteiger partial charge >= 0.3 is 0 Å². The zero-order chi connectivity index (χ0) is 27.8. The van der Waals surface area contributed by atoms with Crippen molar-refractivity contribution >= 4 is 0 Å². The van der Waals surface area contributed by atoms with Gasteiger partial charge in [-0.1, -0.05) is 127 Å². The van der Waals surface area contributed by atoms with Crippen LogP contribution in [0.4, 0.5) is 0 Å². The SMILES string of the molecule is C#C[C@H](OCc1ccccc1)[C@@H](OCc1ccccc1)[C@@H](OCc1ccccc1)[C@@H](CO)OCc1ccccc1. The lowest BCUT2D eigenvalue weighted by Crippen LogP contribution is -2.50. The molecule has 0 unspecified atom stereocenters. The first kappa shape index (κ1) is 29.2. The van der Waals surface area contributed by atoms with E-state index in [9.17, 15) is 5.11 Å². The molecule has 0 aliphatic heterocycles. The van der Waals surface area contributed by atoms with Crippen LogP contribution in [0.5, 0.6) is 0 Å². The Labute approximate surface area is 237 Å². The van der Waals surface area contributed by atoms with E-state index in [-0.39, 0.29) is 13.2 Å². The number of terminal acetylenes is 1. The van der Waals surface area contributed by atoms with Crippen molar-refractivity contribution in [3.8, 4) is 12.3 Å². The molecule has 5 heteroatoms. The summed E-state index contributed by atoms with van der Waals surface area (Å²) in [5, 5.41) is 10.5. The van der Waals surface area contributed by atoms with Gasteiger partial charge in [-0.2, -0.15) is 0 Å². The molecule has 40 heavy (non-hydrogen) atoms. The van der Waals surface area contributed by atoms with Crippen molar-refractivity contribution in [2.75, 3.05) is 6.61 Å². The Hall–Kier alpha value is -3.76. The van der Waals surface area contributed by atoms with E-state index >= 15 is 0 Å². The van der Waals surface area contributed by atoms with Gasteiger partial charge in [-0.25, -0.2) is 0 Å². The van der Waals surface area contributed by atoms with Crippen molar-refractivity contribution in [1.82, 2.24) is 0 Å². The molecule has 0 aliphatic carbocycles. The Morgan fingerprint density at radius 1 is 0.500 bits per heavy atom. The lowest BCUT2D eigenvalue weighted by Gasteiger charge is -2.35. The van der Waals surface area contributed by atoms with Gasteiger partial charge in [0.1, 0.15) is 24.4 Å². The van der Waals surface area contributed by atoms with Crippen molar-refractivity contribution in [1.29, 1.82) is 0 Å². The maximum Gasteiger partial charge on any atom is 0.147 e. The molecule has 0 aliphatic rings. The predicted octanol–water partition coefficient (Wildman–Crippen LogP) is 5.95. The highest BCUT2D eigenvalue weighted by atomic mass is 16.6. The quantitative estimate of drug-likeness (QED) is 0.179. The van der Waals surface area contributed by atoms with Gasteiger partial charge in [0.25, 0.3) is 0 Å². The second kappa shape index (κ2) is 16.4. The van der Waals surface area contributed by atoms with Crippen molar-refractivity contribution in [3.63, 3.8) is 0 Å². The zero-order valence-corrected chi connectivity index (χ0v) is 22.5. The third-order valence-corrected chi connectivity index (χ3v) is 6.48. The van der Waals surface area contributed by atoms with Crippen molar-refractivity contribution in [2.45, 2.75) is 50.8 Å². The van der Waals surface area contributed by atoms with Crippen LogP contribution in [-0.4, -0.2) is 36.1 Å². The number of benzene rings is 4. The van der Waals surface area contributed by atoms with Crippen LogP contribution in [0.2, 0.25) is 0 Å². The summed E-state index contributed by atoms with van der Waals surface area (Å²) >= 11 is 0. The van der Waals surface area contributed by atoms with Gasteiger partial charge in [0.15, 0.2) is 0 Å². The van der Waals surface area contributed by atoms with E-state index in [1.807, 2.05) is 121 Å². The van der Waals surface area contributed by atoms with E-state index < -0.39 is 24.4 Å². The summed E-state index contributed by atoms with van der Waals surface area (Å²) in [6.45, 7) is 0.904. The van der Waals surface area contributed by atoms with Crippen LogP contribution in [-0.2, 0) is 45.4 Å². The van der Waals surface area contributed by atoms with Gasteiger partial charge in [-0.15, -0.1) is 6.42 Å². The zero-order valence-electron chi connectivity index (χ0n) is 22.5. The monoisotopic (exact) mass is 536 g/mol. The van der Waals surface area contributed by atoms with E-state index in [0.717, 1.165) is 22.3 Å². The van der Waals surface area contributed by atoms with E-state index in [2.05, 4.69) is 5.92 Å². The van der Waals surface area contributed by atoms with Crippen LogP contribution in [0.25, 0.3) is 0 Å². The van der Waals surface area contributed by atoms with Crippen LogP contribution in [0.15, 0.2) is 121 Å². The number of hydrogen-bond acceptors (Lipinski definition) is 5. The first-order valence-electron chi connectivity index (χ1n) is 13.5. The molecule has 206 valence electrons. The minimum absolute atomic E-state index is 0.284. The number of ether oxygens (including phenoxy) is 4. The average molecular weight is 537 g/mol. The Balaban J connectivity index is 1.60. The van der Waals surface area contributed by atoms with Crippen molar-refractivity contribution in [2.24, 2.45) is 0 Å². The van der Waals surface area contributed by atoms with Gasteiger partial charge in [-0.3, -0.25) is 0 Å². The molecule has 4 aromatic carbocycles. The van der Waals surface area contributed by atoms with E-state index in [1.165, 1.54) is 0 Å². The fourth-order valence-corrected chi connectivity index (χ4v) is 4.33. The summed E-state index contributed by atoms with van der Waals surface area (Å²) in [6, 6.07) is 39.3. The maximum atomic E-state index is 10.5. The van der Waals surface area contributed by atoms with Crippen LogP contribution in [0.3, 0.4) is 0 Å². The van der Waals surface area contributed by atoms with Crippen LogP contribution in [0.1, 0.15) is 22.3 Å². The minimum atomic E-state index is -0.765. The second-order valence-corrected chi connectivity index (χ2v) is 9.42. The smallest absolute Gasteiger partial charge is 0.147 e. The summed E-state index contributed by atoms with van der Waals surface area (Å²) in [7, 11) is 0. The topological polar surface area (TPSA) is 57.2 Å². The van der Waals surface area contributed by atoms with Crippen molar-refractivity contribution < 1.29 is 24.1 Å². The van der Waals surface area contributed by atoms with Gasteiger partial charge < -0.3 is 24.1 Å². The minimum Gasteiger partial charge on any atom is -0.394 e. The normalized spacial score (nSPS) is 14.1. The molecule has 4 atom stereocenters. The second-order valence-electron chi connectivity index (χ2n) is 9.42. The van der Waals surface area contributed by atoms with Crippen LogP contribution >= 0.6 is 0 Å². The van der Waals surface area contributed by atoms with Crippen LogP contribution in [0, 0.1) is 12.3 Å². The van der Waals surface area contributed by atoms with Gasteiger partial charge in [0.2, 0.25) is 0 Å². The molecular weight excluding hydrogens is 500 g/mol. The Morgan fingerprint density at radius 3 is 1.23 bits per heavy atom. The fourth-order valence-electron chi connectivity index (χ4n) is 4.33. The molecule has 0 aromatic heterocycles. The summed E-state index contributed by atoms with van der Waals surface area (Å²) < 4.78 is 25.4.